The molecular weight excluding hydrogens is 386 g/mol. The van der Waals surface area contributed by atoms with Crippen LogP contribution in [-0.2, 0) is 10.0 Å². The summed E-state index contributed by atoms with van der Waals surface area (Å²) in [7, 11) is -3.83. The number of fused-ring (bicyclic) bond motifs is 1. The first-order chi connectivity index (χ1) is 9.86. The van der Waals surface area contributed by atoms with Crippen molar-refractivity contribution >= 4 is 48.7 Å². The van der Waals surface area contributed by atoms with E-state index in [4.69, 9.17) is 16.0 Å². The van der Waals surface area contributed by atoms with Gasteiger partial charge in [0.2, 0.25) is 10.0 Å². The average Bonchev–Trinajstić information content (AvgIpc) is 2.75. The van der Waals surface area contributed by atoms with Crippen molar-refractivity contribution in [3.05, 3.63) is 26.1 Å². The maximum Gasteiger partial charge on any atom is 0.417 e. The molecule has 0 radical (unpaired) electrons. The third-order valence-electron chi connectivity index (χ3n) is 2.68. The maximum absolute atomic E-state index is 12.3. The number of nitrogens with one attached hydrogen (secondary N) is 3. The number of rotatable bonds is 6. The normalized spacial score (nSPS) is 12.1. The number of hydrogen-bond acceptors (Lipinski definition) is 5. The molecule has 21 heavy (non-hydrogen) atoms. The number of aromatic amines is 1. The summed E-state index contributed by atoms with van der Waals surface area (Å²) in [6.07, 6.45) is 0. The van der Waals surface area contributed by atoms with Crippen LogP contribution in [0.4, 0.5) is 0 Å². The first-order valence-electron chi connectivity index (χ1n) is 6.08. The monoisotopic (exact) mass is 397 g/mol. The van der Waals surface area contributed by atoms with E-state index in [9.17, 15) is 13.2 Å². The van der Waals surface area contributed by atoms with E-state index < -0.39 is 15.8 Å². The van der Waals surface area contributed by atoms with Crippen molar-refractivity contribution in [2.75, 3.05) is 19.6 Å². The largest absolute Gasteiger partial charge is 0.417 e. The van der Waals surface area contributed by atoms with Crippen molar-refractivity contribution in [3.8, 4) is 0 Å². The van der Waals surface area contributed by atoms with Crippen LogP contribution >= 0.6 is 27.5 Å². The van der Waals surface area contributed by atoms with Crippen molar-refractivity contribution < 1.29 is 12.8 Å². The molecule has 2 aromatic rings. The molecule has 0 aliphatic heterocycles. The number of oxazole rings is 1. The van der Waals surface area contributed by atoms with Gasteiger partial charge in [0, 0.05) is 17.6 Å². The van der Waals surface area contributed by atoms with Crippen LogP contribution in [0.25, 0.3) is 11.1 Å². The highest BCUT2D eigenvalue weighted by molar-refractivity contribution is 9.10. The number of hydrogen-bond donors (Lipinski definition) is 3. The minimum atomic E-state index is -3.83. The Bertz CT molecular complexity index is 815. The van der Waals surface area contributed by atoms with Gasteiger partial charge < -0.3 is 9.73 Å². The molecule has 0 atom stereocenters. The summed E-state index contributed by atoms with van der Waals surface area (Å²) < 4.78 is 32.1. The lowest BCUT2D eigenvalue weighted by molar-refractivity contribution is 0.553. The zero-order chi connectivity index (χ0) is 15.6. The van der Waals surface area contributed by atoms with Crippen LogP contribution in [0.15, 0.2) is 24.6 Å². The van der Waals surface area contributed by atoms with Gasteiger partial charge in [0.05, 0.1) is 5.52 Å². The molecule has 0 unspecified atom stereocenters. The second-order valence-electron chi connectivity index (χ2n) is 4.14. The molecule has 1 aromatic heterocycles. The Kier molecular flexibility index (Phi) is 5.10. The summed E-state index contributed by atoms with van der Waals surface area (Å²) in [5, 5.41) is 2.85. The summed E-state index contributed by atoms with van der Waals surface area (Å²) in [6.45, 7) is 3.37. The Hall–Kier alpha value is -0.870. The summed E-state index contributed by atoms with van der Waals surface area (Å²) in [4.78, 5) is 13.4. The molecule has 0 aliphatic rings. The van der Waals surface area contributed by atoms with Gasteiger partial charge in [0.15, 0.2) is 5.58 Å². The van der Waals surface area contributed by atoms with Crippen molar-refractivity contribution in [2.45, 2.75) is 11.8 Å². The summed E-state index contributed by atoms with van der Waals surface area (Å²) in [5.74, 6) is -0.701. The topological polar surface area (TPSA) is 104 Å². The van der Waals surface area contributed by atoms with E-state index in [1.807, 2.05) is 6.92 Å². The molecule has 3 N–H and O–H groups in total. The van der Waals surface area contributed by atoms with Gasteiger partial charge in [-0.25, -0.2) is 17.9 Å². The van der Waals surface area contributed by atoms with Crippen molar-refractivity contribution in [3.63, 3.8) is 0 Å². The molecule has 0 aliphatic carbocycles. The quantitative estimate of drug-likeness (QED) is 0.639. The summed E-state index contributed by atoms with van der Waals surface area (Å²) in [6, 6.07) is 1.44. The van der Waals surface area contributed by atoms with E-state index in [0.29, 0.717) is 12.1 Å². The van der Waals surface area contributed by atoms with Crippen LogP contribution in [0.3, 0.4) is 0 Å². The zero-order valence-electron chi connectivity index (χ0n) is 11.0. The fourth-order valence-corrected chi connectivity index (χ4v) is 4.66. The molecule has 2 rings (SSSR count). The molecule has 0 bridgehead atoms. The molecule has 0 spiro atoms. The maximum atomic E-state index is 12.3. The number of sulfonamides is 1. The molecule has 0 saturated carbocycles. The van der Waals surface area contributed by atoms with Gasteiger partial charge in [0.25, 0.3) is 0 Å². The standard InChI is InChI=1S/C11H13BrClN3O4S/c1-2-14-3-4-15-21(18,19)10-6(12)5-7-9(8(10)13)20-11(17)16-7/h5,14-15H,2-4H2,1H3,(H,16,17). The number of benzene rings is 1. The first-order valence-corrected chi connectivity index (χ1v) is 8.73. The number of likely N-dealkylation sites (N-methyl/N-ethyl adjacent to an activating group) is 1. The zero-order valence-corrected chi connectivity index (χ0v) is 14.2. The number of H-pyrrole nitrogens is 1. The fraction of sp³-hybridized carbons (Fsp3) is 0.364. The van der Waals surface area contributed by atoms with Gasteiger partial charge in [-0.15, -0.1) is 0 Å². The molecule has 0 amide bonds. The molecule has 7 nitrogen and oxygen atoms in total. The Morgan fingerprint density at radius 1 is 1.43 bits per heavy atom. The van der Waals surface area contributed by atoms with Crippen LogP contribution in [0.2, 0.25) is 5.02 Å². The number of aromatic nitrogens is 1. The Labute approximate surface area is 134 Å². The highest BCUT2D eigenvalue weighted by Crippen LogP contribution is 2.35. The highest BCUT2D eigenvalue weighted by atomic mass is 79.9. The lowest BCUT2D eigenvalue weighted by Gasteiger charge is -2.10. The van der Waals surface area contributed by atoms with E-state index in [-0.39, 0.29) is 26.5 Å². The molecule has 0 saturated heterocycles. The van der Waals surface area contributed by atoms with Gasteiger partial charge in [0.1, 0.15) is 9.92 Å². The number of halogens is 2. The van der Waals surface area contributed by atoms with E-state index in [0.717, 1.165) is 6.54 Å². The summed E-state index contributed by atoms with van der Waals surface area (Å²) in [5.41, 5.74) is 0.334. The third kappa shape index (κ3) is 3.49. The predicted octanol–water partition coefficient (Wildman–Crippen LogP) is 1.42. The van der Waals surface area contributed by atoms with E-state index in [1.165, 1.54) is 6.07 Å². The molecule has 116 valence electrons. The Balaban J connectivity index is 2.43. The fourth-order valence-electron chi connectivity index (χ4n) is 1.77. The van der Waals surface area contributed by atoms with Crippen molar-refractivity contribution in [1.82, 2.24) is 15.0 Å². The van der Waals surface area contributed by atoms with Gasteiger partial charge in [-0.1, -0.05) is 18.5 Å². The van der Waals surface area contributed by atoms with Crippen molar-refractivity contribution in [2.24, 2.45) is 0 Å². The second kappa shape index (κ2) is 6.49. The molecule has 1 heterocycles. The van der Waals surface area contributed by atoms with Gasteiger partial charge in [-0.05, 0) is 28.5 Å². The minimum absolute atomic E-state index is 0.0110. The Morgan fingerprint density at radius 2 is 2.14 bits per heavy atom. The molecule has 1 aromatic carbocycles. The average molecular weight is 399 g/mol. The lowest BCUT2D eigenvalue weighted by atomic mass is 10.3. The van der Waals surface area contributed by atoms with Crippen LogP contribution < -0.4 is 15.8 Å². The van der Waals surface area contributed by atoms with E-state index >= 15 is 0 Å². The highest BCUT2D eigenvalue weighted by Gasteiger charge is 2.25. The molecule has 10 heteroatoms. The van der Waals surface area contributed by atoms with Crippen LogP contribution in [0.5, 0.6) is 0 Å². The van der Waals surface area contributed by atoms with Crippen LogP contribution in [0.1, 0.15) is 6.92 Å². The van der Waals surface area contributed by atoms with Gasteiger partial charge in [-0.3, -0.25) is 4.98 Å². The van der Waals surface area contributed by atoms with Gasteiger partial charge >= 0.3 is 5.76 Å². The van der Waals surface area contributed by atoms with Gasteiger partial charge in [-0.2, -0.15) is 0 Å². The van der Waals surface area contributed by atoms with E-state index in [1.54, 1.807) is 0 Å². The second-order valence-corrected chi connectivity index (χ2v) is 7.08. The predicted molar refractivity (Wildman–Crippen MR) is 83.3 cm³/mol. The van der Waals surface area contributed by atoms with Crippen LogP contribution in [0, 0.1) is 0 Å². The lowest BCUT2D eigenvalue weighted by Crippen LogP contribution is -2.32. The minimum Gasteiger partial charge on any atom is -0.406 e. The summed E-state index contributed by atoms with van der Waals surface area (Å²) >= 11 is 9.22. The van der Waals surface area contributed by atoms with Crippen LogP contribution in [-0.4, -0.2) is 33.0 Å². The SMILES string of the molecule is CCNCCNS(=O)(=O)c1c(Br)cc2[nH]c(=O)oc2c1Cl. The molecule has 0 fully saturated rings. The smallest absolute Gasteiger partial charge is 0.406 e. The first kappa shape index (κ1) is 16.5. The van der Waals surface area contributed by atoms with E-state index in [2.05, 4.69) is 31.0 Å². The molecular formula is C11H13BrClN3O4S. The Morgan fingerprint density at radius 3 is 2.81 bits per heavy atom. The third-order valence-corrected chi connectivity index (χ3v) is 5.58. The van der Waals surface area contributed by atoms with Crippen molar-refractivity contribution in [1.29, 1.82) is 0 Å².